The summed E-state index contributed by atoms with van der Waals surface area (Å²) < 4.78 is 30.0. The number of hydrogen-bond donors (Lipinski definition) is 1. The van der Waals surface area contributed by atoms with Crippen LogP contribution in [-0.2, 0) is 24.2 Å². The lowest BCUT2D eigenvalue weighted by atomic mass is 9.81. The summed E-state index contributed by atoms with van der Waals surface area (Å²) in [6.07, 6.45) is 0.619. The van der Waals surface area contributed by atoms with Crippen molar-refractivity contribution in [2.75, 3.05) is 19.4 Å². The molecular formula is C18H20ClNO7S. The number of benzene rings is 1. The van der Waals surface area contributed by atoms with E-state index in [1.54, 1.807) is 0 Å². The molecule has 28 heavy (non-hydrogen) atoms. The van der Waals surface area contributed by atoms with E-state index in [1.807, 2.05) is 0 Å². The van der Waals surface area contributed by atoms with Crippen molar-refractivity contribution in [3.05, 3.63) is 22.7 Å². The fourth-order valence-corrected chi connectivity index (χ4v) is 4.22. The highest BCUT2D eigenvalue weighted by atomic mass is 35.5. The molecule has 152 valence electrons. The summed E-state index contributed by atoms with van der Waals surface area (Å²) in [5, 5.41) is 1.96. The van der Waals surface area contributed by atoms with Gasteiger partial charge in [-0.15, -0.1) is 0 Å². The van der Waals surface area contributed by atoms with Crippen molar-refractivity contribution in [1.82, 2.24) is 5.32 Å². The zero-order valence-corrected chi connectivity index (χ0v) is 17.0. The molecule has 0 unspecified atom stereocenters. The van der Waals surface area contributed by atoms with Crippen LogP contribution in [0.2, 0.25) is 5.02 Å². The molecule has 1 aromatic carbocycles. The number of amides is 1. The summed E-state index contributed by atoms with van der Waals surface area (Å²) >= 11 is 6.25. The number of hydrogen-bond acceptors (Lipinski definition) is 7. The summed E-state index contributed by atoms with van der Waals surface area (Å²) in [6.45, 7) is 0.894. The van der Waals surface area contributed by atoms with Gasteiger partial charge in [-0.2, -0.15) is 0 Å². The van der Waals surface area contributed by atoms with Gasteiger partial charge in [0.2, 0.25) is 0 Å². The Morgan fingerprint density at radius 1 is 1.21 bits per heavy atom. The van der Waals surface area contributed by atoms with E-state index in [2.05, 4.69) is 5.32 Å². The van der Waals surface area contributed by atoms with Crippen molar-refractivity contribution < 1.29 is 32.3 Å². The number of sulfone groups is 1. The number of rotatable bonds is 7. The van der Waals surface area contributed by atoms with Gasteiger partial charge in [-0.3, -0.25) is 19.2 Å². The van der Waals surface area contributed by atoms with Crippen LogP contribution in [0.3, 0.4) is 0 Å². The van der Waals surface area contributed by atoms with Crippen molar-refractivity contribution in [2.24, 2.45) is 5.92 Å². The highest BCUT2D eigenvalue weighted by Gasteiger charge is 2.38. The molecule has 10 heteroatoms. The Morgan fingerprint density at radius 2 is 1.82 bits per heavy atom. The second kappa shape index (κ2) is 8.83. The molecule has 2 rings (SSSR count). The van der Waals surface area contributed by atoms with Gasteiger partial charge >= 0.3 is 0 Å². The maximum absolute atomic E-state index is 12.8. The van der Waals surface area contributed by atoms with E-state index in [0.717, 1.165) is 12.1 Å². The standard InChI is InChI=1S/C18H20ClNO7S/c1-3-28(25,26)13-8-7-10(16(19)18(13)27-9-14(23)20-2)17(24)15-11(21)5-4-6-12(15)22/h7-8,15H,3-6,9H2,1-2H3,(H,20,23). The Balaban J connectivity index is 2.54. The van der Waals surface area contributed by atoms with Crippen LogP contribution in [0.5, 0.6) is 5.75 Å². The number of Topliss-reactive ketones (excluding diaryl/α,β-unsaturated/α-hetero) is 3. The molecule has 0 bridgehead atoms. The molecule has 1 fully saturated rings. The Morgan fingerprint density at radius 3 is 2.36 bits per heavy atom. The lowest BCUT2D eigenvalue weighted by Crippen LogP contribution is -2.35. The van der Waals surface area contributed by atoms with E-state index >= 15 is 0 Å². The molecule has 1 saturated carbocycles. The Bertz CT molecular complexity index is 923. The van der Waals surface area contributed by atoms with E-state index in [1.165, 1.54) is 14.0 Å². The van der Waals surface area contributed by atoms with Crippen LogP contribution in [0, 0.1) is 5.92 Å². The van der Waals surface area contributed by atoms with Gasteiger partial charge in [0, 0.05) is 25.5 Å². The smallest absolute Gasteiger partial charge is 0.257 e. The first-order chi connectivity index (χ1) is 13.1. The van der Waals surface area contributed by atoms with Crippen molar-refractivity contribution in [3.8, 4) is 5.75 Å². The minimum atomic E-state index is -3.78. The molecule has 0 aliphatic heterocycles. The summed E-state index contributed by atoms with van der Waals surface area (Å²) in [7, 11) is -2.41. The number of halogens is 1. The topological polar surface area (TPSA) is 124 Å². The molecule has 1 N–H and O–H groups in total. The number of nitrogens with one attached hydrogen (secondary N) is 1. The Kier molecular flexibility index (Phi) is 6.95. The van der Waals surface area contributed by atoms with Crippen LogP contribution < -0.4 is 10.1 Å². The molecule has 8 nitrogen and oxygen atoms in total. The molecule has 0 heterocycles. The van der Waals surface area contributed by atoms with Gasteiger partial charge in [0.1, 0.15) is 10.8 Å². The summed E-state index contributed by atoms with van der Waals surface area (Å²) in [6, 6.07) is 2.30. The second-order valence-corrected chi connectivity index (χ2v) is 8.83. The first kappa shape index (κ1) is 22.0. The third-order valence-electron chi connectivity index (χ3n) is 4.42. The molecule has 0 aromatic heterocycles. The van der Waals surface area contributed by atoms with Gasteiger partial charge in [0.15, 0.2) is 39.5 Å². The largest absolute Gasteiger partial charge is 0.481 e. The molecular weight excluding hydrogens is 410 g/mol. The first-order valence-corrected chi connectivity index (χ1v) is 10.6. The summed E-state index contributed by atoms with van der Waals surface area (Å²) in [4.78, 5) is 48.2. The van der Waals surface area contributed by atoms with E-state index in [0.29, 0.717) is 6.42 Å². The van der Waals surface area contributed by atoms with Gasteiger partial charge in [-0.25, -0.2) is 8.42 Å². The van der Waals surface area contributed by atoms with Crippen LogP contribution >= 0.6 is 11.6 Å². The molecule has 1 aliphatic carbocycles. The zero-order chi connectivity index (χ0) is 21.1. The Hall–Kier alpha value is -2.26. The van der Waals surface area contributed by atoms with Gasteiger partial charge in [0.05, 0.1) is 10.8 Å². The number of likely N-dealkylation sites (N-methyl/N-ethyl adjacent to an activating group) is 1. The lowest BCUT2D eigenvalue weighted by molar-refractivity contribution is -0.133. The van der Waals surface area contributed by atoms with E-state index < -0.39 is 45.6 Å². The number of carbonyl (C=O) groups is 4. The summed E-state index contributed by atoms with van der Waals surface area (Å²) in [5.74, 6) is -4.38. The van der Waals surface area contributed by atoms with E-state index in [-0.39, 0.29) is 39.8 Å². The van der Waals surface area contributed by atoms with Gasteiger partial charge < -0.3 is 10.1 Å². The molecule has 0 spiro atoms. The van der Waals surface area contributed by atoms with Crippen molar-refractivity contribution >= 4 is 44.7 Å². The molecule has 0 atom stereocenters. The first-order valence-electron chi connectivity index (χ1n) is 8.62. The lowest BCUT2D eigenvalue weighted by Gasteiger charge is -2.20. The van der Waals surface area contributed by atoms with Gasteiger partial charge in [-0.05, 0) is 18.6 Å². The SMILES string of the molecule is CCS(=O)(=O)c1ccc(C(=O)C2C(=O)CCCC2=O)c(Cl)c1OCC(=O)NC. The molecule has 0 saturated heterocycles. The highest BCUT2D eigenvalue weighted by molar-refractivity contribution is 7.91. The zero-order valence-electron chi connectivity index (χ0n) is 15.4. The van der Waals surface area contributed by atoms with E-state index in [9.17, 15) is 27.6 Å². The monoisotopic (exact) mass is 429 g/mol. The fraction of sp³-hybridized carbons (Fsp3) is 0.444. The molecule has 0 radical (unpaired) electrons. The van der Waals surface area contributed by atoms with E-state index in [4.69, 9.17) is 16.3 Å². The molecule has 1 amide bonds. The second-order valence-electron chi connectivity index (χ2n) is 6.20. The minimum absolute atomic E-state index is 0.113. The van der Waals surface area contributed by atoms with Crippen LogP contribution in [0.25, 0.3) is 0 Å². The van der Waals surface area contributed by atoms with Crippen LogP contribution in [0.15, 0.2) is 17.0 Å². The molecule has 1 aromatic rings. The number of carbonyl (C=O) groups excluding carboxylic acids is 4. The minimum Gasteiger partial charge on any atom is -0.481 e. The predicted molar refractivity (Wildman–Crippen MR) is 100 cm³/mol. The number of ketones is 3. The highest BCUT2D eigenvalue weighted by Crippen LogP contribution is 2.37. The normalized spacial score (nSPS) is 15.4. The number of ether oxygens (including phenoxy) is 1. The average molecular weight is 430 g/mol. The van der Waals surface area contributed by atoms with Gasteiger partial charge in [0.25, 0.3) is 5.91 Å². The van der Waals surface area contributed by atoms with Crippen LogP contribution in [0.1, 0.15) is 36.5 Å². The third-order valence-corrected chi connectivity index (χ3v) is 6.55. The fourth-order valence-electron chi connectivity index (χ4n) is 2.83. The predicted octanol–water partition coefficient (Wildman–Crippen LogP) is 1.38. The third kappa shape index (κ3) is 4.41. The van der Waals surface area contributed by atoms with Crippen molar-refractivity contribution in [1.29, 1.82) is 0 Å². The van der Waals surface area contributed by atoms with Crippen molar-refractivity contribution in [2.45, 2.75) is 31.1 Å². The van der Waals surface area contributed by atoms with Gasteiger partial charge in [-0.1, -0.05) is 18.5 Å². The van der Waals surface area contributed by atoms with Crippen molar-refractivity contribution in [3.63, 3.8) is 0 Å². The quantitative estimate of drug-likeness (QED) is 0.512. The summed E-state index contributed by atoms with van der Waals surface area (Å²) in [5.41, 5.74) is -0.197. The maximum atomic E-state index is 12.8. The van der Waals surface area contributed by atoms with Crippen LogP contribution in [-0.4, -0.2) is 51.1 Å². The average Bonchev–Trinajstić information content (AvgIpc) is 2.66. The Labute approximate surface area is 167 Å². The van der Waals surface area contributed by atoms with Crippen LogP contribution in [0.4, 0.5) is 0 Å². The maximum Gasteiger partial charge on any atom is 0.257 e. The molecule has 1 aliphatic rings.